The van der Waals surface area contributed by atoms with Gasteiger partial charge in [-0.05, 0) is 61.7 Å². The van der Waals surface area contributed by atoms with E-state index in [0.717, 1.165) is 19.3 Å². The van der Waals surface area contributed by atoms with Gasteiger partial charge in [0.2, 0.25) is 0 Å². The third kappa shape index (κ3) is 1.71. The summed E-state index contributed by atoms with van der Waals surface area (Å²) in [7, 11) is 0. The van der Waals surface area contributed by atoms with Crippen LogP contribution in [0.2, 0.25) is 0 Å². The molecule has 0 radical (unpaired) electrons. The van der Waals surface area contributed by atoms with Crippen LogP contribution in [0.15, 0.2) is 11.3 Å². The minimum atomic E-state index is -0.872. The number of esters is 1. The number of fused-ring (bicyclic) bond motifs is 7. The number of ketones is 1. The second-order valence-corrected chi connectivity index (χ2v) is 11.4. The van der Waals surface area contributed by atoms with Gasteiger partial charge in [0.1, 0.15) is 5.60 Å². The molecule has 30 heavy (non-hydrogen) atoms. The van der Waals surface area contributed by atoms with Crippen LogP contribution in [0.3, 0.4) is 0 Å². The number of hydrogen-bond acceptors (Lipinski definition) is 6. The topological polar surface area (TPSA) is 113 Å². The Bertz CT molecular complexity index is 967. The van der Waals surface area contributed by atoms with Gasteiger partial charge in [0.05, 0.1) is 17.6 Å². The predicted octanol–water partition coefficient (Wildman–Crippen LogP) is 2.60. The third-order valence-electron chi connectivity index (χ3n) is 10.8. The van der Waals surface area contributed by atoms with E-state index >= 15 is 0 Å². The van der Waals surface area contributed by atoms with Crippen LogP contribution in [0.1, 0.15) is 65.2 Å². The van der Waals surface area contributed by atoms with Gasteiger partial charge in [-0.25, -0.2) is 0 Å². The number of aliphatic hydroxyl groups is 1. The first-order valence-corrected chi connectivity index (χ1v) is 11.5. The van der Waals surface area contributed by atoms with Crippen LogP contribution in [0.4, 0.5) is 0 Å². The molecule has 0 aromatic heterocycles. The molecule has 2 bridgehead atoms. The van der Waals surface area contributed by atoms with Crippen molar-refractivity contribution in [2.75, 3.05) is 0 Å². The Hall–Kier alpha value is -1.87. The molecule has 1 heterocycles. The van der Waals surface area contributed by atoms with Crippen molar-refractivity contribution in [1.29, 1.82) is 5.26 Å². The molecule has 1 aliphatic heterocycles. The fourth-order valence-corrected chi connectivity index (χ4v) is 9.56. The SMILES string of the molecule is CC12CC(O)C3C(C4CC5(C#N)C(=C4N)C(=O)CCC35C)C1CCC21CCC(=O)O1. The Balaban J connectivity index is 1.53. The minimum Gasteiger partial charge on any atom is -0.458 e. The highest BCUT2D eigenvalue weighted by Gasteiger charge is 2.76. The van der Waals surface area contributed by atoms with E-state index in [0.29, 0.717) is 43.4 Å². The van der Waals surface area contributed by atoms with E-state index in [1.165, 1.54) is 0 Å². The molecule has 4 saturated carbocycles. The first-order valence-electron chi connectivity index (χ1n) is 11.5. The van der Waals surface area contributed by atoms with E-state index in [-0.39, 0.29) is 40.8 Å². The number of aliphatic hydroxyl groups excluding tert-OH is 1. The van der Waals surface area contributed by atoms with Gasteiger partial charge in [-0.1, -0.05) is 13.8 Å². The second kappa shape index (κ2) is 5.30. The Morgan fingerprint density at radius 2 is 1.90 bits per heavy atom. The number of ether oxygens (including phenoxy) is 1. The lowest BCUT2D eigenvalue weighted by molar-refractivity contribution is -0.209. The second-order valence-electron chi connectivity index (χ2n) is 11.4. The molecule has 160 valence electrons. The summed E-state index contributed by atoms with van der Waals surface area (Å²) < 4.78 is 5.99. The van der Waals surface area contributed by atoms with Gasteiger partial charge in [-0.2, -0.15) is 5.26 Å². The van der Waals surface area contributed by atoms with Crippen molar-refractivity contribution in [1.82, 2.24) is 0 Å². The summed E-state index contributed by atoms with van der Waals surface area (Å²) in [6.45, 7) is 4.33. The highest BCUT2D eigenvalue weighted by molar-refractivity contribution is 6.00. The van der Waals surface area contributed by atoms with Crippen molar-refractivity contribution in [3.63, 3.8) is 0 Å². The number of rotatable bonds is 0. The maximum Gasteiger partial charge on any atom is 0.306 e. The van der Waals surface area contributed by atoms with Crippen molar-refractivity contribution in [3.8, 4) is 6.07 Å². The number of nitrogens with zero attached hydrogens (tertiary/aromatic N) is 1. The third-order valence-corrected chi connectivity index (χ3v) is 10.8. The van der Waals surface area contributed by atoms with E-state index < -0.39 is 22.5 Å². The van der Waals surface area contributed by atoms with Crippen LogP contribution in [0.25, 0.3) is 0 Å². The summed E-state index contributed by atoms with van der Waals surface area (Å²) in [6, 6.07) is 2.55. The number of carbonyl (C=O) groups excluding carboxylic acids is 2. The van der Waals surface area contributed by atoms with Gasteiger partial charge in [-0.15, -0.1) is 0 Å². The summed E-state index contributed by atoms with van der Waals surface area (Å²) in [5.74, 6) is 0.169. The van der Waals surface area contributed by atoms with Crippen molar-refractivity contribution < 1.29 is 19.4 Å². The van der Waals surface area contributed by atoms with E-state index in [2.05, 4.69) is 19.9 Å². The number of allylic oxidation sites excluding steroid dienone is 2. The molecule has 9 unspecified atom stereocenters. The van der Waals surface area contributed by atoms with Crippen LogP contribution in [-0.4, -0.2) is 28.6 Å². The lowest BCUT2D eigenvalue weighted by Gasteiger charge is -2.64. The normalized spacial score (nSPS) is 56.0. The fourth-order valence-electron chi connectivity index (χ4n) is 9.56. The lowest BCUT2D eigenvalue weighted by Crippen LogP contribution is -2.64. The van der Waals surface area contributed by atoms with Crippen LogP contribution < -0.4 is 5.73 Å². The monoisotopic (exact) mass is 410 g/mol. The van der Waals surface area contributed by atoms with Gasteiger partial charge in [0, 0.05) is 35.4 Å². The minimum absolute atomic E-state index is 0.0255. The van der Waals surface area contributed by atoms with E-state index in [9.17, 15) is 20.0 Å². The molecule has 6 nitrogen and oxygen atoms in total. The van der Waals surface area contributed by atoms with Gasteiger partial charge < -0.3 is 15.6 Å². The lowest BCUT2D eigenvalue weighted by atomic mass is 9.39. The highest BCUT2D eigenvalue weighted by atomic mass is 16.6. The summed E-state index contributed by atoms with van der Waals surface area (Å²) >= 11 is 0. The Morgan fingerprint density at radius 3 is 2.57 bits per heavy atom. The largest absolute Gasteiger partial charge is 0.458 e. The zero-order chi connectivity index (χ0) is 21.3. The maximum absolute atomic E-state index is 12.9. The zero-order valence-corrected chi connectivity index (χ0v) is 17.7. The molecular weight excluding hydrogens is 380 g/mol. The first kappa shape index (κ1) is 18.9. The summed E-state index contributed by atoms with van der Waals surface area (Å²) in [6.07, 6.45) is 4.57. The fraction of sp³-hybridized carbons (Fsp3) is 0.792. The first-order chi connectivity index (χ1) is 14.1. The smallest absolute Gasteiger partial charge is 0.306 e. The average Bonchev–Trinajstić information content (AvgIpc) is 3.31. The number of nitrogens with two attached hydrogens (primary N) is 1. The summed E-state index contributed by atoms with van der Waals surface area (Å²) in [5, 5.41) is 22.0. The summed E-state index contributed by atoms with van der Waals surface area (Å²) in [4.78, 5) is 25.0. The molecule has 9 atom stereocenters. The molecule has 6 heteroatoms. The molecule has 5 fully saturated rings. The molecule has 0 aromatic carbocycles. The van der Waals surface area contributed by atoms with Crippen LogP contribution in [-0.2, 0) is 14.3 Å². The molecule has 5 aliphatic carbocycles. The standard InChI is InChI=1S/C24H30N2O4/c1-21-6-4-14(27)19-20(26)12(9-23(19,21)11-25)17-13-3-7-24(8-5-16(29)30-24)22(13,2)10-15(28)18(17)21/h12-13,15,17-18,28H,3-10,26H2,1-2H3. The molecule has 1 spiro atoms. The van der Waals surface area contributed by atoms with Crippen molar-refractivity contribution in [2.24, 2.45) is 45.7 Å². The number of hydrogen-bond donors (Lipinski definition) is 2. The molecule has 6 aliphatic rings. The van der Waals surface area contributed by atoms with Crippen LogP contribution in [0, 0.1) is 51.2 Å². The number of nitriles is 1. The highest BCUT2D eigenvalue weighted by Crippen LogP contribution is 2.76. The molecule has 6 rings (SSSR count). The van der Waals surface area contributed by atoms with E-state index in [1.807, 2.05) is 0 Å². The van der Waals surface area contributed by atoms with E-state index in [1.54, 1.807) is 0 Å². The summed E-state index contributed by atoms with van der Waals surface area (Å²) in [5.41, 5.74) is 5.72. The molecule has 1 saturated heterocycles. The van der Waals surface area contributed by atoms with Crippen LogP contribution in [0.5, 0.6) is 0 Å². The molecule has 0 amide bonds. The van der Waals surface area contributed by atoms with E-state index in [4.69, 9.17) is 10.5 Å². The molecule has 0 aromatic rings. The Labute approximate surface area is 176 Å². The van der Waals surface area contributed by atoms with Gasteiger partial charge >= 0.3 is 5.97 Å². The average molecular weight is 411 g/mol. The number of Topliss-reactive ketones (excluding diaryl/α,β-unsaturated/α-hetero) is 1. The van der Waals surface area contributed by atoms with Gasteiger partial charge in [0.15, 0.2) is 5.78 Å². The zero-order valence-electron chi connectivity index (χ0n) is 17.7. The molecule has 3 N–H and O–H groups in total. The Kier molecular flexibility index (Phi) is 3.33. The Morgan fingerprint density at radius 1 is 1.13 bits per heavy atom. The maximum atomic E-state index is 12.9. The predicted molar refractivity (Wildman–Crippen MR) is 106 cm³/mol. The van der Waals surface area contributed by atoms with Gasteiger partial charge in [-0.3, -0.25) is 9.59 Å². The van der Waals surface area contributed by atoms with Crippen molar-refractivity contribution >= 4 is 11.8 Å². The van der Waals surface area contributed by atoms with Gasteiger partial charge in [0.25, 0.3) is 0 Å². The molecular formula is C24H30N2O4. The van der Waals surface area contributed by atoms with Crippen LogP contribution >= 0.6 is 0 Å². The number of carbonyl (C=O) groups is 2. The quantitative estimate of drug-likeness (QED) is 0.594. The van der Waals surface area contributed by atoms with Crippen molar-refractivity contribution in [2.45, 2.75) is 76.9 Å². The van der Waals surface area contributed by atoms with Crippen molar-refractivity contribution in [3.05, 3.63) is 11.3 Å².